The summed E-state index contributed by atoms with van der Waals surface area (Å²) in [5.41, 5.74) is 1.84. The number of carbonyl (C=O) groups is 1. The molecule has 1 aromatic carbocycles. The number of benzene rings is 1. The highest BCUT2D eigenvalue weighted by atomic mass is 16.5. The third kappa shape index (κ3) is 5.11. The van der Waals surface area contributed by atoms with Crippen molar-refractivity contribution in [3.05, 3.63) is 35.7 Å². The zero-order chi connectivity index (χ0) is 20.1. The van der Waals surface area contributed by atoms with E-state index in [0.717, 1.165) is 50.3 Å². The summed E-state index contributed by atoms with van der Waals surface area (Å²) in [7, 11) is 0. The van der Waals surface area contributed by atoms with Crippen LogP contribution < -0.4 is 20.4 Å². The first-order valence-corrected chi connectivity index (χ1v) is 10.1. The van der Waals surface area contributed by atoms with E-state index in [9.17, 15) is 4.79 Å². The average Bonchev–Trinajstić information content (AvgIpc) is 3.28. The van der Waals surface area contributed by atoms with Crippen LogP contribution in [0.15, 0.2) is 24.3 Å². The predicted octanol–water partition coefficient (Wildman–Crippen LogP) is 1.94. The SMILES string of the molecule is Cc1cccc(NC(=O)NCc2nc(N3CCCC3)nc(N3CCOCC3)n2)c1. The Bertz CT molecular complexity index is 848. The molecule has 0 radical (unpaired) electrons. The third-order valence-corrected chi connectivity index (χ3v) is 5.02. The van der Waals surface area contributed by atoms with Crippen molar-refractivity contribution in [2.24, 2.45) is 0 Å². The van der Waals surface area contributed by atoms with E-state index >= 15 is 0 Å². The van der Waals surface area contributed by atoms with Gasteiger partial charge in [-0.25, -0.2) is 4.79 Å². The smallest absolute Gasteiger partial charge is 0.319 e. The van der Waals surface area contributed by atoms with Gasteiger partial charge in [-0.3, -0.25) is 0 Å². The van der Waals surface area contributed by atoms with Crippen LogP contribution in [0.3, 0.4) is 0 Å². The Morgan fingerprint density at radius 1 is 1.03 bits per heavy atom. The van der Waals surface area contributed by atoms with Crippen LogP contribution in [0.5, 0.6) is 0 Å². The van der Waals surface area contributed by atoms with Gasteiger partial charge >= 0.3 is 6.03 Å². The van der Waals surface area contributed by atoms with Gasteiger partial charge in [0.25, 0.3) is 0 Å². The quantitative estimate of drug-likeness (QED) is 0.796. The molecule has 2 saturated heterocycles. The first-order chi connectivity index (χ1) is 14.2. The van der Waals surface area contributed by atoms with Gasteiger partial charge in [0.15, 0.2) is 5.82 Å². The molecule has 0 unspecified atom stereocenters. The molecule has 0 spiro atoms. The predicted molar refractivity (Wildman–Crippen MR) is 111 cm³/mol. The number of rotatable bonds is 5. The summed E-state index contributed by atoms with van der Waals surface area (Å²) in [6, 6.07) is 7.39. The van der Waals surface area contributed by atoms with Gasteiger partial charge < -0.3 is 25.2 Å². The number of ether oxygens (including phenoxy) is 1. The van der Waals surface area contributed by atoms with Gasteiger partial charge in [0.1, 0.15) is 0 Å². The molecule has 0 bridgehead atoms. The fourth-order valence-electron chi connectivity index (χ4n) is 3.50. The lowest BCUT2D eigenvalue weighted by Gasteiger charge is -2.28. The third-order valence-electron chi connectivity index (χ3n) is 5.02. The van der Waals surface area contributed by atoms with Crippen molar-refractivity contribution >= 4 is 23.6 Å². The Hall–Kier alpha value is -2.94. The molecule has 2 N–H and O–H groups in total. The van der Waals surface area contributed by atoms with Gasteiger partial charge in [0, 0.05) is 31.9 Å². The molecule has 9 nitrogen and oxygen atoms in total. The molecule has 2 aromatic rings. The van der Waals surface area contributed by atoms with Gasteiger partial charge in [-0.1, -0.05) is 12.1 Å². The highest BCUT2D eigenvalue weighted by Gasteiger charge is 2.21. The summed E-state index contributed by atoms with van der Waals surface area (Å²) >= 11 is 0. The zero-order valence-corrected chi connectivity index (χ0v) is 16.7. The largest absolute Gasteiger partial charge is 0.378 e. The Balaban J connectivity index is 1.46. The summed E-state index contributed by atoms with van der Waals surface area (Å²) in [6.07, 6.45) is 2.29. The minimum absolute atomic E-state index is 0.234. The molecule has 1 aromatic heterocycles. The number of aryl methyl sites for hydroxylation is 1. The van der Waals surface area contributed by atoms with Crippen LogP contribution in [0.25, 0.3) is 0 Å². The number of nitrogens with zero attached hydrogens (tertiary/aromatic N) is 5. The van der Waals surface area contributed by atoms with Crippen LogP contribution in [-0.2, 0) is 11.3 Å². The van der Waals surface area contributed by atoms with Gasteiger partial charge in [0.2, 0.25) is 11.9 Å². The maximum Gasteiger partial charge on any atom is 0.319 e. The topological polar surface area (TPSA) is 95.5 Å². The number of aromatic nitrogens is 3. The first kappa shape index (κ1) is 19.4. The maximum atomic E-state index is 12.3. The molecule has 2 fully saturated rings. The molecule has 2 amide bonds. The van der Waals surface area contributed by atoms with Crippen molar-refractivity contribution in [1.82, 2.24) is 20.3 Å². The lowest BCUT2D eigenvalue weighted by atomic mass is 10.2. The van der Waals surface area contributed by atoms with Gasteiger partial charge in [0.05, 0.1) is 19.8 Å². The standard InChI is InChI=1S/C20H27N7O2/c1-15-5-4-6-16(13-15)22-20(28)21-14-17-23-18(26-7-2-3-8-26)25-19(24-17)27-9-11-29-12-10-27/h4-6,13H,2-3,7-12,14H2,1H3,(H2,21,22,28). The fourth-order valence-corrected chi connectivity index (χ4v) is 3.50. The molecule has 29 heavy (non-hydrogen) atoms. The van der Waals surface area contributed by atoms with Crippen molar-refractivity contribution in [1.29, 1.82) is 0 Å². The van der Waals surface area contributed by atoms with Crippen molar-refractivity contribution in [3.63, 3.8) is 0 Å². The van der Waals surface area contributed by atoms with E-state index in [1.54, 1.807) is 0 Å². The second-order valence-corrected chi connectivity index (χ2v) is 7.32. The van der Waals surface area contributed by atoms with E-state index in [4.69, 9.17) is 4.74 Å². The molecule has 9 heteroatoms. The summed E-state index contributed by atoms with van der Waals surface area (Å²) in [4.78, 5) is 30.5. The van der Waals surface area contributed by atoms with E-state index in [1.807, 2.05) is 31.2 Å². The Morgan fingerprint density at radius 2 is 1.72 bits per heavy atom. The number of hydrogen-bond acceptors (Lipinski definition) is 7. The second kappa shape index (κ2) is 9.04. The van der Waals surface area contributed by atoms with Crippen LogP contribution >= 0.6 is 0 Å². The van der Waals surface area contributed by atoms with Crippen LogP contribution in [0.4, 0.5) is 22.4 Å². The van der Waals surface area contributed by atoms with Crippen molar-refractivity contribution < 1.29 is 9.53 Å². The van der Waals surface area contributed by atoms with Crippen molar-refractivity contribution in [3.8, 4) is 0 Å². The lowest BCUT2D eigenvalue weighted by molar-refractivity contribution is 0.122. The number of anilines is 3. The number of nitrogens with one attached hydrogen (secondary N) is 2. The molecule has 154 valence electrons. The highest BCUT2D eigenvalue weighted by molar-refractivity contribution is 5.89. The van der Waals surface area contributed by atoms with E-state index in [1.165, 1.54) is 0 Å². The lowest BCUT2D eigenvalue weighted by Crippen LogP contribution is -2.38. The number of morpholine rings is 1. The molecular formula is C20H27N7O2. The molecule has 0 saturated carbocycles. The molecular weight excluding hydrogens is 370 g/mol. The van der Waals surface area contributed by atoms with Gasteiger partial charge in [-0.05, 0) is 37.5 Å². The second-order valence-electron chi connectivity index (χ2n) is 7.32. The van der Waals surface area contributed by atoms with Crippen LogP contribution in [0.2, 0.25) is 0 Å². The maximum absolute atomic E-state index is 12.3. The Kier molecular flexibility index (Phi) is 6.04. The number of carbonyl (C=O) groups excluding carboxylic acids is 1. The van der Waals surface area contributed by atoms with Crippen molar-refractivity contribution in [2.75, 3.05) is 54.5 Å². The summed E-state index contributed by atoms with van der Waals surface area (Å²) in [6.45, 7) is 6.96. The van der Waals surface area contributed by atoms with Gasteiger partial charge in [-0.15, -0.1) is 0 Å². The van der Waals surface area contributed by atoms with E-state index in [-0.39, 0.29) is 12.6 Å². The highest BCUT2D eigenvalue weighted by Crippen LogP contribution is 2.19. The molecule has 3 heterocycles. The fraction of sp³-hybridized carbons (Fsp3) is 0.500. The van der Waals surface area contributed by atoms with Crippen LogP contribution in [-0.4, -0.2) is 60.4 Å². The Morgan fingerprint density at radius 3 is 2.41 bits per heavy atom. The number of amides is 2. The summed E-state index contributed by atoms with van der Waals surface area (Å²) < 4.78 is 5.44. The van der Waals surface area contributed by atoms with E-state index in [0.29, 0.717) is 30.9 Å². The minimum atomic E-state index is -0.286. The molecule has 2 aliphatic heterocycles. The molecule has 2 aliphatic rings. The monoisotopic (exact) mass is 397 g/mol. The van der Waals surface area contributed by atoms with E-state index < -0.39 is 0 Å². The number of hydrogen-bond donors (Lipinski definition) is 2. The van der Waals surface area contributed by atoms with E-state index in [2.05, 4.69) is 35.4 Å². The minimum Gasteiger partial charge on any atom is -0.378 e. The zero-order valence-electron chi connectivity index (χ0n) is 16.7. The first-order valence-electron chi connectivity index (χ1n) is 10.1. The average molecular weight is 397 g/mol. The van der Waals surface area contributed by atoms with Crippen LogP contribution in [0.1, 0.15) is 24.2 Å². The summed E-state index contributed by atoms with van der Waals surface area (Å²) in [5, 5.41) is 5.69. The normalized spacial score (nSPS) is 16.7. The van der Waals surface area contributed by atoms with Crippen LogP contribution in [0, 0.1) is 6.92 Å². The Labute approximate surface area is 170 Å². The number of urea groups is 1. The molecule has 4 rings (SSSR count). The molecule has 0 atom stereocenters. The molecule has 0 aliphatic carbocycles. The van der Waals surface area contributed by atoms with Crippen molar-refractivity contribution in [2.45, 2.75) is 26.3 Å². The summed E-state index contributed by atoms with van der Waals surface area (Å²) in [5.74, 6) is 1.90. The van der Waals surface area contributed by atoms with Gasteiger partial charge in [-0.2, -0.15) is 15.0 Å².